The Morgan fingerprint density at radius 3 is 2.16 bits per heavy atom. The maximum atomic E-state index is 13.8. The summed E-state index contributed by atoms with van der Waals surface area (Å²) in [6.45, 7) is 0. The number of hydrogen-bond donors (Lipinski definition) is 1. The zero-order chi connectivity index (χ0) is 14.0. The van der Waals surface area contributed by atoms with Crippen LogP contribution in [0.1, 0.15) is 17.2 Å². The van der Waals surface area contributed by atoms with Crippen molar-refractivity contribution in [2.45, 2.75) is 6.04 Å². The second-order valence-electron chi connectivity index (χ2n) is 4.04. The molecule has 0 spiro atoms. The Morgan fingerprint density at radius 1 is 0.947 bits per heavy atom. The molecule has 2 rings (SSSR count). The van der Waals surface area contributed by atoms with Crippen molar-refractivity contribution in [2.24, 2.45) is 0 Å². The highest BCUT2D eigenvalue weighted by molar-refractivity contribution is 6.30. The van der Waals surface area contributed by atoms with Crippen LogP contribution in [0.25, 0.3) is 0 Å². The molecule has 0 saturated heterocycles. The lowest BCUT2D eigenvalue weighted by Crippen LogP contribution is -2.19. The maximum Gasteiger partial charge on any atom is 0.194 e. The zero-order valence-corrected chi connectivity index (χ0v) is 10.8. The minimum absolute atomic E-state index is 0.0451. The first-order valence-electron chi connectivity index (χ1n) is 5.60. The molecule has 0 bridgehead atoms. The quantitative estimate of drug-likeness (QED) is 0.839. The first kappa shape index (κ1) is 13.9. The van der Waals surface area contributed by atoms with Crippen molar-refractivity contribution in [1.82, 2.24) is 5.32 Å². The van der Waals surface area contributed by atoms with E-state index in [-0.39, 0.29) is 5.56 Å². The second-order valence-corrected chi connectivity index (χ2v) is 4.47. The van der Waals surface area contributed by atoms with Crippen LogP contribution < -0.4 is 5.32 Å². The number of hydrogen-bond acceptors (Lipinski definition) is 1. The van der Waals surface area contributed by atoms with E-state index in [4.69, 9.17) is 11.6 Å². The van der Waals surface area contributed by atoms with Crippen LogP contribution in [-0.4, -0.2) is 7.05 Å². The fraction of sp³-hybridized carbons (Fsp3) is 0.143. The van der Waals surface area contributed by atoms with Crippen molar-refractivity contribution in [2.75, 3.05) is 7.05 Å². The van der Waals surface area contributed by atoms with E-state index in [1.807, 2.05) is 0 Å². The first-order valence-corrected chi connectivity index (χ1v) is 5.98. The Morgan fingerprint density at radius 2 is 1.58 bits per heavy atom. The van der Waals surface area contributed by atoms with E-state index < -0.39 is 23.5 Å². The third-order valence-electron chi connectivity index (χ3n) is 2.87. The van der Waals surface area contributed by atoms with Crippen LogP contribution >= 0.6 is 11.6 Å². The summed E-state index contributed by atoms with van der Waals surface area (Å²) in [7, 11) is 1.61. The number of benzene rings is 2. The molecule has 0 amide bonds. The maximum absolute atomic E-state index is 13.8. The lowest BCUT2D eigenvalue weighted by atomic mass is 9.98. The molecule has 1 atom stereocenters. The number of nitrogens with one attached hydrogen (secondary N) is 1. The van der Waals surface area contributed by atoms with Gasteiger partial charge in [-0.3, -0.25) is 0 Å². The van der Waals surface area contributed by atoms with E-state index >= 15 is 0 Å². The molecule has 2 aromatic rings. The van der Waals surface area contributed by atoms with E-state index in [9.17, 15) is 13.2 Å². The van der Waals surface area contributed by atoms with Gasteiger partial charge in [-0.25, -0.2) is 13.2 Å². The third kappa shape index (κ3) is 2.74. The van der Waals surface area contributed by atoms with E-state index in [1.165, 1.54) is 6.07 Å². The number of halogens is 4. The molecule has 0 saturated carbocycles. The number of rotatable bonds is 3. The van der Waals surface area contributed by atoms with Gasteiger partial charge in [-0.15, -0.1) is 0 Å². The van der Waals surface area contributed by atoms with Gasteiger partial charge in [-0.2, -0.15) is 0 Å². The average Bonchev–Trinajstić information content (AvgIpc) is 2.41. The molecule has 0 aliphatic carbocycles. The molecule has 1 nitrogen and oxygen atoms in total. The van der Waals surface area contributed by atoms with Crippen LogP contribution in [0.2, 0.25) is 5.02 Å². The molecule has 19 heavy (non-hydrogen) atoms. The molecule has 0 aromatic heterocycles. The van der Waals surface area contributed by atoms with Crippen molar-refractivity contribution >= 4 is 11.6 Å². The fourth-order valence-corrected chi connectivity index (χ4v) is 2.05. The van der Waals surface area contributed by atoms with Crippen molar-refractivity contribution in [3.8, 4) is 0 Å². The van der Waals surface area contributed by atoms with E-state index in [0.717, 1.165) is 6.07 Å². The minimum atomic E-state index is -1.47. The highest BCUT2D eigenvalue weighted by atomic mass is 35.5. The van der Waals surface area contributed by atoms with Crippen molar-refractivity contribution in [3.05, 3.63) is 70.0 Å². The molecule has 0 aliphatic heterocycles. The van der Waals surface area contributed by atoms with E-state index in [0.29, 0.717) is 10.6 Å². The molecule has 0 fully saturated rings. The van der Waals surface area contributed by atoms with Gasteiger partial charge in [0, 0.05) is 10.6 Å². The standard InChI is InChI=1S/C14H11ClF3N/c1-19-14(8-2-4-9(15)5-3-8)10-6-7-11(16)13(18)12(10)17/h2-7,14,19H,1H3. The van der Waals surface area contributed by atoms with Gasteiger partial charge in [-0.1, -0.05) is 29.8 Å². The molecule has 0 radical (unpaired) electrons. The topological polar surface area (TPSA) is 12.0 Å². The largest absolute Gasteiger partial charge is 0.309 e. The van der Waals surface area contributed by atoms with Gasteiger partial charge >= 0.3 is 0 Å². The van der Waals surface area contributed by atoms with Crippen LogP contribution in [-0.2, 0) is 0 Å². The summed E-state index contributed by atoms with van der Waals surface area (Å²) in [6, 6.07) is 8.26. The van der Waals surface area contributed by atoms with Gasteiger partial charge in [0.05, 0.1) is 6.04 Å². The van der Waals surface area contributed by atoms with Crippen molar-refractivity contribution in [3.63, 3.8) is 0 Å². The van der Waals surface area contributed by atoms with Gasteiger partial charge in [0.2, 0.25) is 0 Å². The SMILES string of the molecule is CNC(c1ccc(Cl)cc1)c1ccc(F)c(F)c1F. The van der Waals surface area contributed by atoms with Crippen LogP contribution in [0.4, 0.5) is 13.2 Å². The molecule has 1 N–H and O–H groups in total. The lowest BCUT2D eigenvalue weighted by molar-refractivity contribution is 0.435. The normalized spacial score (nSPS) is 12.5. The van der Waals surface area contributed by atoms with Crippen LogP contribution in [0, 0.1) is 17.5 Å². The Hall–Kier alpha value is -1.52. The van der Waals surface area contributed by atoms with Gasteiger partial charge in [0.25, 0.3) is 0 Å². The predicted molar refractivity (Wildman–Crippen MR) is 68.7 cm³/mol. The van der Waals surface area contributed by atoms with Crippen LogP contribution in [0.5, 0.6) is 0 Å². The minimum Gasteiger partial charge on any atom is -0.309 e. The summed E-state index contributed by atoms with van der Waals surface area (Å²) in [5.41, 5.74) is 0.750. The summed E-state index contributed by atoms with van der Waals surface area (Å²) < 4.78 is 40.0. The van der Waals surface area contributed by atoms with Crippen LogP contribution in [0.3, 0.4) is 0 Å². The highest BCUT2D eigenvalue weighted by Crippen LogP contribution is 2.27. The molecule has 100 valence electrons. The van der Waals surface area contributed by atoms with Crippen LogP contribution in [0.15, 0.2) is 36.4 Å². The monoisotopic (exact) mass is 285 g/mol. The Balaban J connectivity index is 2.48. The zero-order valence-electron chi connectivity index (χ0n) is 10.1. The van der Waals surface area contributed by atoms with Gasteiger partial charge < -0.3 is 5.32 Å². The Bertz CT molecular complexity index is 584. The summed E-state index contributed by atoms with van der Waals surface area (Å²) in [5, 5.41) is 3.42. The van der Waals surface area contributed by atoms with Gasteiger partial charge in [-0.05, 0) is 30.8 Å². The molecule has 0 aliphatic rings. The molecule has 2 aromatic carbocycles. The van der Waals surface area contributed by atoms with Gasteiger partial charge in [0.15, 0.2) is 17.5 Å². The smallest absolute Gasteiger partial charge is 0.194 e. The Labute approximate surface area is 114 Å². The average molecular weight is 286 g/mol. The lowest BCUT2D eigenvalue weighted by Gasteiger charge is -2.18. The first-order chi connectivity index (χ1) is 9.04. The molecular formula is C14H11ClF3N. The molecule has 1 unspecified atom stereocenters. The Kier molecular flexibility index (Phi) is 4.12. The predicted octanol–water partition coefficient (Wildman–Crippen LogP) is 4.07. The van der Waals surface area contributed by atoms with Gasteiger partial charge in [0.1, 0.15) is 0 Å². The van der Waals surface area contributed by atoms with Crippen molar-refractivity contribution < 1.29 is 13.2 Å². The fourth-order valence-electron chi connectivity index (χ4n) is 1.92. The molecule has 5 heteroatoms. The van der Waals surface area contributed by atoms with Crippen molar-refractivity contribution in [1.29, 1.82) is 0 Å². The van der Waals surface area contributed by atoms with E-state index in [2.05, 4.69) is 5.32 Å². The van der Waals surface area contributed by atoms with E-state index in [1.54, 1.807) is 31.3 Å². The highest BCUT2D eigenvalue weighted by Gasteiger charge is 2.20. The summed E-state index contributed by atoms with van der Waals surface area (Å²) in [6.07, 6.45) is 0. The molecule has 0 heterocycles. The summed E-state index contributed by atoms with van der Waals surface area (Å²) in [5.74, 6) is -3.85. The summed E-state index contributed by atoms with van der Waals surface area (Å²) >= 11 is 5.78. The second kappa shape index (κ2) is 5.63. The third-order valence-corrected chi connectivity index (χ3v) is 3.12. The molecular weight excluding hydrogens is 275 g/mol. The summed E-state index contributed by atoms with van der Waals surface area (Å²) in [4.78, 5) is 0.